The highest BCUT2D eigenvalue weighted by atomic mass is 19.4. The first-order valence-corrected chi connectivity index (χ1v) is 3.64. The Kier molecular flexibility index (Phi) is 2.76. The van der Waals surface area contributed by atoms with Gasteiger partial charge in [0.2, 0.25) is 0 Å². The van der Waals surface area contributed by atoms with Crippen molar-refractivity contribution in [3.8, 4) is 0 Å². The summed E-state index contributed by atoms with van der Waals surface area (Å²) in [6.45, 7) is 0. The molecule has 0 aliphatic carbocycles. The molecule has 0 atom stereocenters. The minimum Gasteiger partial charge on any atom is -0.262 e. The van der Waals surface area contributed by atoms with E-state index in [1.165, 1.54) is 24.3 Å². The Hall–Kier alpha value is -1.56. The van der Waals surface area contributed by atoms with Gasteiger partial charge in [-0.05, 0) is 12.1 Å². The number of hydrogen-bond acceptors (Lipinski definition) is 2. The second kappa shape index (κ2) is 3.67. The molecule has 6 heteroatoms. The van der Waals surface area contributed by atoms with Gasteiger partial charge >= 0.3 is 12.1 Å². The van der Waals surface area contributed by atoms with E-state index in [0.717, 1.165) is 0 Å². The maximum atomic E-state index is 11.9. The number of hydrazine groups is 1. The van der Waals surface area contributed by atoms with Crippen molar-refractivity contribution < 1.29 is 18.0 Å². The van der Waals surface area contributed by atoms with Gasteiger partial charge in [0.15, 0.2) is 0 Å². The van der Waals surface area contributed by atoms with Crippen molar-refractivity contribution in [1.82, 2.24) is 0 Å². The first-order valence-electron chi connectivity index (χ1n) is 3.64. The highest BCUT2D eigenvalue weighted by molar-refractivity contribution is 5.96. The number of nitrogens with zero attached hydrogens (tertiary/aromatic N) is 1. The van der Waals surface area contributed by atoms with Crippen molar-refractivity contribution in [2.24, 2.45) is 5.84 Å². The molecule has 1 aromatic carbocycles. The van der Waals surface area contributed by atoms with Gasteiger partial charge in [-0.3, -0.25) is 4.79 Å². The molecule has 1 aromatic rings. The van der Waals surface area contributed by atoms with Crippen LogP contribution in [0, 0.1) is 0 Å². The molecule has 76 valence electrons. The van der Waals surface area contributed by atoms with E-state index in [1.807, 2.05) is 0 Å². The number of anilines is 1. The summed E-state index contributed by atoms with van der Waals surface area (Å²) >= 11 is 0. The molecule has 2 N–H and O–H groups in total. The van der Waals surface area contributed by atoms with Gasteiger partial charge in [-0.1, -0.05) is 18.2 Å². The highest BCUT2D eigenvalue weighted by Crippen LogP contribution is 2.20. The fourth-order valence-electron chi connectivity index (χ4n) is 0.842. The molecule has 0 radical (unpaired) electrons. The predicted molar refractivity (Wildman–Crippen MR) is 44.2 cm³/mol. The van der Waals surface area contributed by atoms with Crippen molar-refractivity contribution in [2.75, 3.05) is 5.01 Å². The molecule has 1 amide bonds. The van der Waals surface area contributed by atoms with Crippen LogP contribution in [0.2, 0.25) is 0 Å². The molecule has 0 heterocycles. The van der Waals surface area contributed by atoms with Crippen molar-refractivity contribution in [1.29, 1.82) is 0 Å². The monoisotopic (exact) mass is 204 g/mol. The third-order valence-electron chi connectivity index (χ3n) is 1.50. The maximum absolute atomic E-state index is 11.9. The number of carbonyl (C=O) groups excluding carboxylic acids is 1. The van der Waals surface area contributed by atoms with Crippen molar-refractivity contribution >= 4 is 11.6 Å². The zero-order chi connectivity index (χ0) is 10.8. The van der Waals surface area contributed by atoms with Crippen LogP contribution in [0.4, 0.5) is 18.9 Å². The Bertz CT molecular complexity index is 323. The number of amides is 1. The molecular weight excluding hydrogens is 197 g/mol. The summed E-state index contributed by atoms with van der Waals surface area (Å²) in [6.07, 6.45) is -4.95. The molecule has 0 bridgehead atoms. The van der Waals surface area contributed by atoms with E-state index in [-0.39, 0.29) is 10.7 Å². The molecule has 0 aliphatic heterocycles. The van der Waals surface area contributed by atoms with Crippen LogP contribution in [-0.2, 0) is 4.79 Å². The second-order valence-electron chi connectivity index (χ2n) is 2.51. The van der Waals surface area contributed by atoms with E-state index in [1.54, 1.807) is 6.07 Å². The summed E-state index contributed by atoms with van der Waals surface area (Å²) in [5.74, 6) is 2.89. The number of carbonyl (C=O) groups is 1. The summed E-state index contributed by atoms with van der Waals surface area (Å²) in [4.78, 5) is 10.6. The second-order valence-corrected chi connectivity index (χ2v) is 2.51. The highest BCUT2D eigenvalue weighted by Gasteiger charge is 2.42. The minimum absolute atomic E-state index is 0.00479. The molecule has 0 spiro atoms. The maximum Gasteiger partial charge on any atom is 0.473 e. The molecule has 0 aliphatic rings. The Labute approximate surface area is 77.9 Å². The van der Waals surface area contributed by atoms with Gasteiger partial charge in [-0.2, -0.15) is 13.2 Å². The smallest absolute Gasteiger partial charge is 0.262 e. The largest absolute Gasteiger partial charge is 0.473 e. The summed E-state index contributed by atoms with van der Waals surface area (Å²) < 4.78 is 35.7. The Balaban J connectivity index is 2.87. The first-order chi connectivity index (χ1) is 6.43. The molecule has 1 rings (SSSR count). The number of rotatable bonds is 1. The third-order valence-corrected chi connectivity index (χ3v) is 1.50. The number of alkyl halides is 3. The third kappa shape index (κ3) is 2.23. The lowest BCUT2D eigenvalue weighted by Gasteiger charge is -2.17. The van der Waals surface area contributed by atoms with E-state index in [4.69, 9.17) is 5.84 Å². The zero-order valence-electron chi connectivity index (χ0n) is 6.95. The van der Waals surface area contributed by atoms with Gasteiger partial charge in [-0.25, -0.2) is 10.9 Å². The quantitative estimate of drug-likeness (QED) is 0.427. The molecule has 3 nitrogen and oxygen atoms in total. The van der Waals surface area contributed by atoms with Crippen LogP contribution in [0.3, 0.4) is 0 Å². The Morgan fingerprint density at radius 3 is 2.14 bits per heavy atom. The van der Waals surface area contributed by atoms with Gasteiger partial charge in [0, 0.05) is 0 Å². The first kappa shape index (κ1) is 10.5. The van der Waals surface area contributed by atoms with E-state index in [0.29, 0.717) is 0 Å². The van der Waals surface area contributed by atoms with Gasteiger partial charge in [0.05, 0.1) is 5.69 Å². The van der Waals surface area contributed by atoms with Crippen LogP contribution < -0.4 is 10.9 Å². The fraction of sp³-hybridized carbons (Fsp3) is 0.125. The van der Waals surface area contributed by atoms with Gasteiger partial charge < -0.3 is 0 Å². The minimum atomic E-state index is -4.95. The fourth-order valence-corrected chi connectivity index (χ4v) is 0.842. The normalized spacial score (nSPS) is 11.1. The molecule has 0 aromatic heterocycles. The number of para-hydroxylation sites is 1. The lowest BCUT2D eigenvalue weighted by Crippen LogP contribution is -2.45. The predicted octanol–water partition coefficient (Wildman–Crippen LogP) is 1.46. The topological polar surface area (TPSA) is 46.3 Å². The average Bonchev–Trinajstić information content (AvgIpc) is 2.15. The summed E-state index contributed by atoms with van der Waals surface area (Å²) in [5, 5.41) is 0.0694. The molecule has 0 saturated carbocycles. The molecule has 14 heavy (non-hydrogen) atoms. The molecule has 0 fully saturated rings. The van der Waals surface area contributed by atoms with Crippen molar-refractivity contribution in [3.05, 3.63) is 30.3 Å². The van der Waals surface area contributed by atoms with Crippen LogP contribution in [0.25, 0.3) is 0 Å². The number of halogens is 3. The lowest BCUT2D eigenvalue weighted by molar-refractivity contribution is -0.170. The van der Waals surface area contributed by atoms with Crippen LogP contribution in [0.5, 0.6) is 0 Å². The van der Waals surface area contributed by atoms with Crippen LogP contribution in [0.1, 0.15) is 0 Å². The summed E-state index contributed by atoms with van der Waals surface area (Å²) in [6, 6.07) is 7.19. The van der Waals surface area contributed by atoms with E-state index in [2.05, 4.69) is 0 Å². The van der Waals surface area contributed by atoms with Crippen LogP contribution in [-0.4, -0.2) is 12.1 Å². The summed E-state index contributed by atoms with van der Waals surface area (Å²) in [7, 11) is 0. The van der Waals surface area contributed by atoms with Gasteiger partial charge in [0.25, 0.3) is 0 Å². The standard InChI is InChI=1S/C8H7F3N2O/c9-8(10,11)7(14)13(12)6-4-2-1-3-5-6/h1-5H,12H2. The van der Waals surface area contributed by atoms with E-state index >= 15 is 0 Å². The van der Waals surface area contributed by atoms with E-state index < -0.39 is 12.1 Å². The van der Waals surface area contributed by atoms with Crippen LogP contribution in [0.15, 0.2) is 30.3 Å². The summed E-state index contributed by atoms with van der Waals surface area (Å²) in [5.41, 5.74) is -0.00479. The van der Waals surface area contributed by atoms with Crippen LogP contribution >= 0.6 is 0 Å². The van der Waals surface area contributed by atoms with Crippen molar-refractivity contribution in [2.45, 2.75) is 6.18 Å². The van der Waals surface area contributed by atoms with Crippen molar-refractivity contribution in [3.63, 3.8) is 0 Å². The Morgan fingerprint density at radius 2 is 1.71 bits per heavy atom. The number of benzene rings is 1. The SMILES string of the molecule is NN(C(=O)C(F)(F)F)c1ccccc1. The lowest BCUT2D eigenvalue weighted by atomic mass is 10.3. The molecule has 0 unspecified atom stereocenters. The van der Waals surface area contributed by atoms with E-state index in [9.17, 15) is 18.0 Å². The Morgan fingerprint density at radius 1 is 1.21 bits per heavy atom. The van der Waals surface area contributed by atoms with Gasteiger partial charge in [-0.15, -0.1) is 0 Å². The molecule has 0 saturated heterocycles. The average molecular weight is 204 g/mol. The zero-order valence-corrected chi connectivity index (χ0v) is 6.95. The van der Waals surface area contributed by atoms with Gasteiger partial charge in [0.1, 0.15) is 0 Å². The number of hydrogen-bond donors (Lipinski definition) is 1. The molecular formula is C8H7F3N2O. The number of nitrogens with two attached hydrogens (primary N) is 1.